The molecule has 3 heterocycles. The molecule has 0 unspecified atom stereocenters. The van der Waals surface area contributed by atoms with Crippen LogP contribution in [0.15, 0.2) is 30.5 Å². The minimum absolute atomic E-state index is 0.0621. The summed E-state index contributed by atoms with van der Waals surface area (Å²) in [5.41, 5.74) is -1.88. The molecule has 2 aliphatic heterocycles. The fraction of sp³-hybridized carbons (Fsp3) is 0.429. The highest BCUT2D eigenvalue weighted by Gasteiger charge is 2.37. The quantitative estimate of drug-likeness (QED) is 0.631. The van der Waals surface area contributed by atoms with Gasteiger partial charge in [-0.3, -0.25) is 4.79 Å². The summed E-state index contributed by atoms with van der Waals surface area (Å²) >= 11 is 0. The number of nitrogens with zero attached hydrogens (tertiary/aromatic N) is 3. The maximum atomic E-state index is 13.2. The highest BCUT2D eigenvalue weighted by atomic mass is 19.4. The number of benzene rings is 1. The number of halogens is 6. The van der Waals surface area contributed by atoms with E-state index in [0.29, 0.717) is 44.0 Å². The van der Waals surface area contributed by atoms with Gasteiger partial charge < -0.3 is 19.3 Å². The smallest absolute Gasteiger partial charge is 0.416 e. The Morgan fingerprint density at radius 1 is 0.970 bits per heavy atom. The zero-order valence-electron chi connectivity index (χ0n) is 17.2. The molecule has 0 saturated carbocycles. The molecule has 12 heteroatoms. The SMILES string of the molecule is O=C1COc2nccc(N3CCOCC3)c2CN1Cc1cc(C(F)(F)F)cc(C(F)(F)F)c1. The number of carbonyl (C=O) groups excluding carboxylic acids is 1. The molecule has 1 fully saturated rings. The first kappa shape index (κ1) is 23.1. The van der Waals surface area contributed by atoms with Gasteiger partial charge in [0.15, 0.2) is 6.61 Å². The van der Waals surface area contributed by atoms with Gasteiger partial charge >= 0.3 is 12.4 Å². The van der Waals surface area contributed by atoms with Gasteiger partial charge in [0.2, 0.25) is 5.88 Å². The van der Waals surface area contributed by atoms with E-state index in [1.807, 2.05) is 4.90 Å². The van der Waals surface area contributed by atoms with Crippen molar-refractivity contribution in [3.05, 3.63) is 52.7 Å². The third-order valence-electron chi connectivity index (χ3n) is 5.40. The van der Waals surface area contributed by atoms with E-state index >= 15 is 0 Å². The van der Waals surface area contributed by atoms with Crippen LogP contribution in [0.4, 0.5) is 32.0 Å². The van der Waals surface area contributed by atoms with E-state index < -0.39 is 42.5 Å². The van der Waals surface area contributed by atoms with Crippen LogP contribution in [-0.2, 0) is 35.0 Å². The molecule has 0 radical (unpaired) electrons. The van der Waals surface area contributed by atoms with Gasteiger partial charge in [-0.1, -0.05) is 0 Å². The first-order chi connectivity index (χ1) is 15.5. The molecule has 4 rings (SSSR count). The van der Waals surface area contributed by atoms with Crippen LogP contribution in [0.25, 0.3) is 0 Å². The fourth-order valence-corrected chi connectivity index (χ4v) is 3.81. The Morgan fingerprint density at radius 3 is 2.21 bits per heavy atom. The number of anilines is 1. The first-order valence-electron chi connectivity index (χ1n) is 10.0. The molecule has 6 nitrogen and oxygen atoms in total. The molecule has 0 spiro atoms. The number of pyridine rings is 1. The molecule has 1 aromatic heterocycles. The first-order valence-corrected chi connectivity index (χ1v) is 10.0. The van der Waals surface area contributed by atoms with Crippen LogP contribution in [0.1, 0.15) is 22.3 Å². The highest BCUT2D eigenvalue weighted by Crippen LogP contribution is 2.37. The lowest BCUT2D eigenvalue weighted by atomic mass is 10.0. The van der Waals surface area contributed by atoms with E-state index in [1.165, 1.54) is 11.1 Å². The number of morpholine rings is 1. The summed E-state index contributed by atoms with van der Waals surface area (Å²) in [7, 11) is 0. The standard InChI is InChI=1S/C21H19F6N3O3/c22-20(23,24)14-7-13(8-15(9-14)21(25,26)27)10-30-11-16-17(29-3-5-32-6-4-29)1-2-28-19(16)33-12-18(30)31/h1-2,7-9H,3-6,10-12H2. The molecule has 178 valence electrons. The minimum atomic E-state index is -4.97. The largest absolute Gasteiger partial charge is 0.467 e. The summed E-state index contributed by atoms with van der Waals surface area (Å²) in [4.78, 5) is 20.0. The van der Waals surface area contributed by atoms with Gasteiger partial charge in [-0.2, -0.15) is 26.3 Å². The Balaban J connectivity index is 1.68. The molecule has 1 amide bonds. The average molecular weight is 475 g/mol. The van der Waals surface area contributed by atoms with Crippen molar-refractivity contribution < 1.29 is 40.6 Å². The highest BCUT2D eigenvalue weighted by molar-refractivity contribution is 5.79. The van der Waals surface area contributed by atoms with Crippen molar-refractivity contribution >= 4 is 11.6 Å². The van der Waals surface area contributed by atoms with Gasteiger partial charge in [-0.05, 0) is 29.8 Å². The van der Waals surface area contributed by atoms with Crippen LogP contribution in [0, 0.1) is 0 Å². The van der Waals surface area contributed by atoms with E-state index in [9.17, 15) is 31.1 Å². The number of hydrogen-bond acceptors (Lipinski definition) is 5. The van der Waals surface area contributed by atoms with Gasteiger partial charge in [0.1, 0.15) is 0 Å². The zero-order valence-corrected chi connectivity index (χ0v) is 17.2. The van der Waals surface area contributed by atoms with Gasteiger partial charge in [-0.25, -0.2) is 4.98 Å². The molecule has 0 N–H and O–H groups in total. The number of aromatic nitrogens is 1. The number of amides is 1. The van der Waals surface area contributed by atoms with Crippen LogP contribution >= 0.6 is 0 Å². The second-order valence-corrected chi connectivity index (χ2v) is 7.67. The van der Waals surface area contributed by atoms with Crippen molar-refractivity contribution in [3.63, 3.8) is 0 Å². The molecular weight excluding hydrogens is 456 g/mol. The molecule has 33 heavy (non-hydrogen) atoms. The average Bonchev–Trinajstić information content (AvgIpc) is 2.92. The van der Waals surface area contributed by atoms with Crippen molar-refractivity contribution in [1.82, 2.24) is 9.88 Å². The number of fused-ring (bicyclic) bond motifs is 1. The van der Waals surface area contributed by atoms with E-state index in [0.717, 1.165) is 5.69 Å². The molecule has 0 aliphatic carbocycles. The predicted octanol–water partition coefficient (Wildman–Crippen LogP) is 3.88. The van der Waals surface area contributed by atoms with Crippen LogP contribution in [-0.4, -0.2) is 48.7 Å². The van der Waals surface area contributed by atoms with Crippen molar-refractivity contribution in [3.8, 4) is 5.88 Å². The monoisotopic (exact) mass is 475 g/mol. The van der Waals surface area contributed by atoms with Gasteiger partial charge in [0.25, 0.3) is 5.91 Å². The summed E-state index contributed by atoms with van der Waals surface area (Å²) in [6.45, 7) is 1.17. The van der Waals surface area contributed by atoms with Crippen molar-refractivity contribution in [2.24, 2.45) is 0 Å². The molecule has 2 aromatic rings. The lowest BCUT2D eigenvalue weighted by Crippen LogP contribution is -2.37. The third-order valence-corrected chi connectivity index (χ3v) is 5.40. The van der Waals surface area contributed by atoms with Gasteiger partial charge in [0, 0.05) is 31.5 Å². The molecule has 0 atom stereocenters. The fourth-order valence-electron chi connectivity index (χ4n) is 3.81. The summed E-state index contributed by atoms with van der Waals surface area (Å²) < 4.78 is 90.2. The Bertz CT molecular complexity index is 1000. The second kappa shape index (κ2) is 8.73. The van der Waals surface area contributed by atoms with Crippen LogP contribution in [0.5, 0.6) is 5.88 Å². The Morgan fingerprint density at radius 2 is 1.61 bits per heavy atom. The normalized spacial score (nSPS) is 17.5. The zero-order chi connectivity index (χ0) is 23.8. The van der Waals surface area contributed by atoms with Crippen molar-refractivity contribution in [2.45, 2.75) is 25.4 Å². The molecule has 0 bridgehead atoms. The lowest BCUT2D eigenvalue weighted by molar-refractivity contribution is -0.143. The second-order valence-electron chi connectivity index (χ2n) is 7.67. The molecular formula is C21H19F6N3O3. The number of carbonyl (C=O) groups is 1. The number of hydrogen-bond donors (Lipinski definition) is 0. The Labute approximate surface area is 184 Å². The Kier molecular flexibility index (Phi) is 6.12. The van der Waals surface area contributed by atoms with Crippen molar-refractivity contribution in [1.29, 1.82) is 0 Å². The topological polar surface area (TPSA) is 54.9 Å². The van der Waals surface area contributed by atoms with Crippen LogP contribution in [0.2, 0.25) is 0 Å². The minimum Gasteiger partial charge on any atom is -0.467 e. The molecule has 2 aliphatic rings. The molecule has 1 aromatic carbocycles. The summed E-state index contributed by atoms with van der Waals surface area (Å²) in [5.74, 6) is -0.373. The van der Waals surface area contributed by atoms with E-state index in [2.05, 4.69) is 4.98 Å². The van der Waals surface area contributed by atoms with Gasteiger partial charge in [0.05, 0.1) is 36.4 Å². The third kappa shape index (κ3) is 5.15. The molecule has 1 saturated heterocycles. The maximum Gasteiger partial charge on any atom is 0.416 e. The van der Waals surface area contributed by atoms with Crippen LogP contribution in [0.3, 0.4) is 0 Å². The number of rotatable bonds is 3. The Hall–Kier alpha value is -3.02. The van der Waals surface area contributed by atoms with E-state index in [4.69, 9.17) is 9.47 Å². The predicted molar refractivity (Wildman–Crippen MR) is 103 cm³/mol. The van der Waals surface area contributed by atoms with Crippen molar-refractivity contribution in [2.75, 3.05) is 37.8 Å². The summed E-state index contributed by atoms with van der Waals surface area (Å²) in [5, 5.41) is 0. The van der Waals surface area contributed by atoms with Crippen LogP contribution < -0.4 is 9.64 Å². The van der Waals surface area contributed by atoms with E-state index in [-0.39, 0.29) is 24.1 Å². The van der Waals surface area contributed by atoms with Gasteiger partial charge in [-0.15, -0.1) is 0 Å². The van der Waals surface area contributed by atoms with E-state index in [1.54, 1.807) is 6.07 Å². The maximum absolute atomic E-state index is 13.2. The number of ether oxygens (including phenoxy) is 2. The summed E-state index contributed by atoms with van der Waals surface area (Å²) in [6, 6.07) is 3.04. The number of alkyl halides is 6. The summed E-state index contributed by atoms with van der Waals surface area (Å²) in [6.07, 6.45) is -8.42. The lowest BCUT2D eigenvalue weighted by Gasteiger charge is -2.31.